The molecule has 1 aliphatic rings. The van der Waals surface area contributed by atoms with Crippen LogP contribution in [0.5, 0.6) is 0 Å². The molecular formula is C21H42N2O. The van der Waals surface area contributed by atoms with Gasteiger partial charge in [-0.1, -0.05) is 71.6 Å². The van der Waals surface area contributed by atoms with E-state index in [1.54, 1.807) is 6.92 Å². The smallest absolute Gasteiger partial charge is 0.219 e. The van der Waals surface area contributed by atoms with Crippen LogP contribution in [0.2, 0.25) is 0 Å². The molecule has 1 amide bonds. The van der Waals surface area contributed by atoms with Gasteiger partial charge in [-0.15, -0.1) is 0 Å². The summed E-state index contributed by atoms with van der Waals surface area (Å²) in [5.74, 6) is 0.246. The van der Waals surface area contributed by atoms with Crippen LogP contribution in [0.3, 0.4) is 0 Å². The Morgan fingerprint density at radius 3 is 2.04 bits per heavy atom. The average molecular weight is 339 g/mol. The molecule has 3 heteroatoms. The zero-order valence-electron chi connectivity index (χ0n) is 16.7. The van der Waals surface area contributed by atoms with Crippen LogP contribution < -0.4 is 0 Å². The van der Waals surface area contributed by atoms with Gasteiger partial charge in [0.15, 0.2) is 0 Å². The molecule has 1 atom stereocenters. The molecule has 0 aliphatic carbocycles. The largest absolute Gasteiger partial charge is 0.342 e. The highest BCUT2D eigenvalue weighted by Crippen LogP contribution is 2.19. The van der Waals surface area contributed by atoms with Gasteiger partial charge >= 0.3 is 0 Å². The lowest BCUT2D eigenvalue weighted by atomic mass is 9.99. The van der Waals surface area contributed by atoms with E-state index in [1.165, 1.54) is 77.2 Å². The molecule has 0 aromatic rings. The molecule has 1 heterocycles. The number of carbonyl (C=O) groups excluding carboxylic acids is 1. The maximum Gasteiger partial charge on any atom is 0.219 e. The van der Waals surface area contributed by atoms with Crippen LogP contribution in [-0.4, -0.2) is 47.9 Å². The van der Waals surface area contributed by atoms with Crippen LogP contribution in [0.1, 0.15) is 97.8 Å². The van der Waals surface area contributed by atoms with Crippen LogP contribution in [0.4, 0.5) is 0 Å². The van der Waals surface area contributed by atoms with Gasteiger partial charge in [-0.3, -0.25) is 9.69 Å². The molecule has 1 saturated heterocycles. The molecule has 24 heavy (non-hydrogen) atoms. The van der Waals surface area contributed by atoms with Gasteiger partial charge in [0.05, 0.1) is 0 Å². The Morgan fingerprint density at radius 1 is 0.792 bits per heavy atom. The lowest BCUT2D eigenvalue weighted by molar-refractivity contribution is -0.128. The third kappa shape index (κ3) is 9.05. The van der Waals surface area contributed by atoms with Gasteiger partial charge in [0, 0.05) is 39.1 Å². The van der Waals surface area contributed by atoms with Gasteiger partial charge in [0.25, 0.3) is 0 Å². The normalized spacial score (nSPS) is 17.7. The minimum Gasteiger partial charge on any atom is -0.342 e. The maximum atomic E-state index is 11.6. The first-order valence-electron chi connectivity index (χ1n) is 10.7. The summed E-state index contributed by atoms with van der Waals surface area (Å²) >= 11 is 0. The van der Waals surface area contributed by atoms with Crippen LogP contribution in [-0.2, 0) is 4.79 Å². The molecule has 0 N–H and O–H groups in total. The Morgan fingerprint density at radius 2 is 1.38 bits per heavy atom. The van der Waals surface area contributed by atoms with E-state index in [0.717, 1.165) is 32.1 Å². The number of carbonyl (C=O) groups is 1. The monoisotopic (exact) mass is 338 g/mol. The molecule has 0 saturated carbocycles. The van der Waals surface area contributed by atoms with E-state index in [2.05, 4.69) is 18.7 Å². The van der Waals surface area contributed by atoms with Gasteiger partial charge in [-0.2, -0.15) is 0 Å². The summed E-state index contributed by atoms with van der Waals surface area (Å²) in [5, 5.41) is 0. The van der Waals surface area contributed by atoms with Gasteiger partial charge in [-0.25, -0.2) is 0 Å². The Labute approximate surface area is 151 Å². The van der Waals surface area contributed by atoms with Crippen molar-refractivity contribution in [3.05, 3.63) is 0 Å². The second kappa shape index (κ2) is 13.7. The fourth-order valence-corrected chi connectivity index (χ4v) is 3.92. The Hall–Kier alpha value is -0.570. The van der Waals surface area contributed by atoms with Crippen molar-refractivity contribution in [3.63, 3.8) is 0 Å². The first-order valence-corrected chi connectivity index (χ1v) is 10.7. The molecule has 1 rings (SSSR count). The summed E-state index contributed by atoms with van der Waals surface area (Å²) in [7, 11) is 0. The van der Waals surface area contributed by atoms with Crippen LogP contribution in [0.15, 0.2) is 0 Å². The summed E-state index contributed by atoms with van der Waals surface area (Å²) in [6.07, 6.45) is 16.2. The molecule has 142 valence electrons. The van der Waals surface area contributed by atoms with Crippen molar-refractivity contribution < 1.29 is 4.79 Å². The SMILES string of the molecule is CCCCCCCCC(CCCCC)N1CCCN(C(C)=O)CC1. The van der Waals surface area contributed by atoms with Crippen molar-refractivity contribution in [3.8, 4) is 0 Å². The van der Waals surface area contributed by atoms with Crippen LogP contribution in [0, 0.1) is 0 Å². The van der Waals surface area contributed by atoms with Crippen molar-refractivity contribution in [2.45, 2.75) is 104 Å². The molecule has 1 fully saturated rings. The summed E-state index contributed by atoms with van der Waals surface area (Å²) in [6.45, 7) is 10.4. The predicted molar refractivity (Wildman–Crippen MR) is 104 cm³/mol. The second-order valence-corrected chi connectivity index (χ2v) is 7.60. The van der Waals surface area contributed by atoms with Crippen LogP contribution in [0.25, 0.3) is 0 Å². The minimum absolute atomic E-state index is 0.246. The third-order valence-corrected chi connectivity index (χ3v) is 5.52. The first kappa shape index (κ1) is 21.5. The Balaban J connectivity index is 2.40. The number of rotatable bonds is 12. The first-order chi connectivity index (χ1) is 11.7. The van der Waals surface area contributed by atoms with E-state index in [-0.39, 0.29) is 5.91 Å². The van der Waals surface area contributed by atoms with Gasteiger partial charge in [0.2, 0.25) is 5.91 Å². The Kier molecular flexibility index (Phi) is 12.2. The van der Waals surface area contributed by atoms with E-state index in [0.29, 0.717) is 0 Å². The molecule has 1 aliphatic heterocycles. The van der Waals surface area contributed by atoms with E-state index in [9.17, 15) is 4.79 Å². The molecule has 0 spiro atoms. The number of hydrogen-bond donors (Lipinski definition) is 0. The highest BCUT2D eigenvalue weighted by Gasteiger charge is 2.22. The average Bonchev–Trinajstić information content (AvgIpc) is 2.82. The van der Waals surface area contributed by atoms with Crippen molar-refractivity contribution in [1.82, 2.24) is 9.80 Å². The molecule has 3 nitrogen and oxygen atoms in total. The lowest BCUT2D eigenvalue weighted by Crippen LogP contribution is -2.39. The number of hydrogen-bond acceptors (Lipinski definition) is 2. The molecule has 0 bridgehead atoms. The number of unbranched alkanes of at least 4 members (excludes halogenated alkanes) is 7. The summed E-state index contributed by atoms with van der Waals surface area (Å²) in [5.41, 5.74) is 0. The van der Waals surface area contributed by atoms with E-state index >= 15 is 0 Å². The Bertz CT molecular complexity index is 319. The fraction of sp³-hybridized carbons (Fsp3) is 0.952. The van der Waals surface area contributed by atoms with Gasteiger partial charge < -0.3 is 4.90 Å². The maximum absolute atomic E-state index is 11.6. The predicted octanol–water partition coefficient (Wildman–Crippen LogP) is 5.24. The topological polar surface area (TPSA) is 23.6 Å². The van der Waals surface area contributed by atoms with Gasteiger partial charge in [-0.05, 0) is 19.3 Å². The van der Waals surface area contributed by atoms with Crippen molar-refractivity contribution >= 4 is 5.91 Å². The molecule has 0 aromatic carbocycles. The minimum atomic E-state index is 0.246. The molecular weight excluding hydrogens is 296 g/mol. The lowest BCUT2D eigenvalue weighted by Gasteiger charge is -2.31. The number of nitrogens with zero attached hydrogens (tertiary/aromatic N) is 2. The summed E-state index contributed by atoms with van der Waals surface area (Å²) in [4.78, 5) is 16.4. The number of amides is 1. The van der Waals surface area contributed by atoms with Crippen molar-refractivity contribution in [2.75, 3.05) is 26.2 Å². The van der Waals surface area contributed by atoms with Gasteiger partial charge in [0.1, 0.15) is 0 Å². The van der Waals surface area contributed by atoms with Crippen LogP contribution >= 0.6 is 0 Å². The summed E-state index contributed by atoms with van der Waals surface area (Å²) < 4.78 is 0. The van der Waals surface area contributed by atoms with E-state index in [4.69, 9.17) is 0 Å². The van der Waals surface area contributed by atoms with E-state index < -0.39 is 0 Å². The molecule has 0 aromatic heterocycles. The second-order valence-electron chi connectivity index (χ2n) is 7.60. The van der Waals surface area contributed by atoms with E-state index in [1.807, 2.05) is 4.90 Å². The summed E-state index contributed by atoms with van der Waals surface area (Å²) in [6, 6.07) is 0.745. The fourth-order valence-electron chi connectivity index (χ4n) is 3.92. The highest BCUT2D eigenvalue weighted by atomic mass is 16.2. The zero-order chi connectivity index (χ0) is 17.6. The van der Waals surface area contributed by atoms with Crippen molar-refractivity contribution in [2.24, 2.45) is 0 Å². The quantitative estimate of drug-likeness (QED) is 0.454. The third-order valence-electron chi connectivity index (χ3n) is 5.52. The highest BCUT2D eigenvalue weighted by molar-refractivity contribution is 5.73. The zero-order valence-corrected chi connectivity index (χ0v) is 16.7. The standard InChI is InChI=1S/C21H42N2O/c1-4-6-8-9-10-12-15-21(14-11-7-5-2)23-17-13-16-22(18-19-23)20(3)24/h21H,4-19H2,1-3H3. The molecule has 0 radical (unpaired) electrons. The van der Waals surface area contributed by atoms with Crippen molar-refractivity contribution in [1.29, 1.82) is 0 Å². The molecule has 1 unspecified atom stereocenters.